The minimum Gasteiger partial charge on any atom is -0.363 e. The summed E-state index contributed by atoms with van der Waals surface area (Å²) in [6.07, 6.45) is 0. The molecule has 0 fully saturated rings. The summed E-state index contributed by atoms with van der Waals surface area (Å²) < 4.78 is 0. The van der Waals surface area contributed by atoms with E-state index in [1.807, 2.05) is 50.2 Å². The number of rotatable bonds is 6. The van der Waals surface area contributed by atoms with Crippen molar-refractivity contribution < 1.29 is 4.79 Å². The lowest BCUT2D eigenvalue weighted by Gasteiger charge is -2.14. The van der Waals surface area contributed by atoms with E-state index in [1.165, 1.54) is 0 Å². The Balaban J connectivity index is 1.83. The van der Waals surface area contributed by atoms with Gasteiger partial charge in [-0.15, -0.1) is 0 Å². The van der Waals surface area contributed by atoms with Crippen LogP contribution in [0.15, 0.2) is 36.4 Å². The summed E-state index contributed by atoms with van der Waals surface area (Å²) >= 11 is 0. The molecule has 0 aliphatic heterocycles. The number of aryl methyl sites for hydroxylation is 1. The van der Waals surface area contributed by atoms with Crippen molar-refractivity contribution in [1.82, 2.24) is 15.3 Å². The minimum absolute atomic E-state index is 0.0819. The number of benzene rings is 1. The first-order valence-corrected chi connectivity index (χ1v) is 7.16. The molecular weight excluding hydrogens is 278 g/mol. The second-order valence-corrected chi connectivity index (χ2v) is 5.13. The van der Waals surface area contributed by atoms with Gasteiger partial charge < -0.3 is 15.5 Å². The van der Waals surface area contributed by atoms with Gasteiger partial charge in [-0.2, -0.15) is 4.98 Å². The highest BCUT2D eigenvalue weighted by atomic mass is 16.1. The van der Waals surface area contributed by atoms with E-state index in [2.05, 4.69) is 20.6 Å². The fourth-order valence-corrected chi connectivity index (χ4v) is 1.90. The highest BCUT2D eigenvalue weighted by molar-refractivity contribution is 5.94. The summed E-state index contributed by atoms with van der Waals surface area (Å²) in [5.74, 6) is 1.34. The van der Waals surface area contributed by atoms with Crippen LogP contribution in [0.25, 0.3) is 0 Å². The maximum Gasteiger partial charge on any atom is 0.251 e. The molecule has 1 heterocycles. The molecule has 6 nitrogen and oxygen atoms in total. The number of aromatic nitrogens is 2. The van der Waals surface area contributed by atoms with Gasteiger partial charge in [-0.05, 0) is 19.1 Å². The zero-order chi connectivity index (χ0) is 15.9. The molecule has 0 atom stereocenters. The Hall–Kier alpha value is -2.63. The molecule has 0 saturated carbocycles. The maximum atomic E-state index is 11.9. The van der Waals surface area contributed by atoms with Crippen LogP contribution in [0, 0.1) is 6.92 Å². The molecule has 0 aliphatic rings. The number of nitrogens with zero attached hydrogens (tertiary/aromatic N) is 3. The van der Waals surface area contributed by atoms with Gasteiger partial charge in [0, 0.05) is 44.5 Å². The van der Waals surface area contributed by atoms with E-state index in [9.17, 15) is 4.79 Å². The highest BCUT2D eigenvalue weighted by Crippen LogP contribution is 2.11. The molecule has 2 N–H and O–H groups in total. The minimum atomic E-state index is -0.0819. The number of amides is 1. The van der Waals surface area contributed by atoms with Gasteiger partial charge in [-0.1, -0.05) is 18.2 Å². The van der Waals surface area contributed by atoms with Gasteiger partial charge in [0.25, 0.3) is 5.91 Å². The Morgan fingerprint density at radius 1 is 1.14 bits per heavy atom. The molecule has 2 aromatic rings. The van der Waals surface area contributed by atoms with Crippen molar-refractivity contribution in [3.8, 4) is 0 Å². The van der Waals surface area contributed by atoms with E-state index in [0.717, 1.165) is 11.5 Å². The third kappa shape index (κ3) is 4.44. The van der Waals surface area contributed by atoms with Gasteiger partial charge in [-0.3, -0.25) is 4.79 Å². The third-order valence-electron chi connectivity index (χ3n) is 3.03. The van der Waals surface area contributed by atoms with Crippen LogP contribution in [0.2, 0.25) is 0 Å². The SMILES string of the molecule is Cc1cc(N(C)C)nc(NCCNC(=O)c2ccccc2)n1. The molecule has 22 heavy (non-hydrogen) atoms. The lowest BCUT2D eigenvalue weighted by Crippen LogP contribution is -2.29. The molecule has 0 saturated heterocycles. The predicted molar refractivity (Wildman–Crippen MR) is 88.4 cm³/mol. The monoisotopic (exact) mass is 299 g/mol. The van der Waals surface area contributed by atoms with Crippen LogP contribution in [0.3, 0.4) is 0 Å². The van der Waals surface area contributed by atoms with Gasteiger partial charge in [0.1, 0.15) is 5.82 Å². The summed E-state index contributed by atoms with van der Waals surface area (Å²) in [5.41, 5.74) is 1.55. The Kier molecular flexibility index (Phi) is 5.30. The van der Waals surface area contributed by atoms with E-state index in [-0.39, 0.29) is 5.91 Å². The van der Waals surface area contributed by atoms with Crippen LogP contribution in [0.4, 0.5) is 11.8 Å². The van der Waals surface area contributed by atoms with Crippen LogP contribution in [0.5, 0.6) is 0 Å². The summed E-state index contributed by atoms with van der Waals surface area (Å²) in [6.45, 7) is 2.99. The van der Waals surface area contributed by atoms with Gasteiger partial charge >= 0.3 is 0 Å². The van der Waals surface area contributed by atoms with Gasteiger partial charge in [0.15, 0.2) is 0 Å². The third-order valence-corrected chi connectivity index (χ3v) is 3.03. The van der Waals surface area contributed by atoms with Gasteiger partial charge in [0.2, 0.25) is 5.95 Å². The molecule has 2 rings (SSSR count). The van der Waals surface area contributed by atoms with Crippen molar-refractivity contribution >= 4 is 17.7 Å². The Morgan fingerprint density at radius 3 is 2.55 bits per heavy atom. The average Bonchev–Trinajstić information content (AvgIpc) is 2.51. The summed E-state index contributed by atoms with van der Waals surface area (Å²) in [7, 11) is 3.87. The first kappa shape index (κ1) is 15.8. The first-order valence-electron chi connectivity index (χ1n) is 7.16. The smallest absolute Gasteiger partial charge is 0.251 e. The average molecular weight is 299 g/mol. The topological polar surface area (TPSA) is 70.2 Å². The Labute approximate surface area is 130 Å². The van der Waals surface area contributed by atoms with E-state index in [4.69, 9.17) is 0 Å². The van der Waals surface area contributed by atoms with Crippen LogP contribution in [-0.4, -0.2) is 43.1 Å². The van der Waals surface area contributed by atoms with Crippen LogP contribution < -0.4 is 15.5 Å². The number of anilines is 2. The molecule has 0 aliphatic carbocycles. The van der Waals surface area contributed by atoms with Gasteiger partial charge in [-0.25, -0.2) is 4.98 Å². The highest BCUT2D eigenvalue weighted by Gasteiger charge is 2.05. The van der Waals surface area contributed by atoms with E-state index >= 15 is 0 Å². The number of carbonyl (C=O) groups is 1. The second kappa shape index (κ2) is 7.40. The van der Waals surface area contributed by atoms with Crippen molar-refractivity contribution in [2.24, 2.45) is 0 Å². The van der Waals surface area contributed by atoms with Crippen molar-refractivity contribution in [3.63, 3.8) is 0 Å². The van der Waals surface area contributed by atoms with Crippen LogP contribution in [0.1, 0.15) is 16.1 Å². The molecule has 6 heteroatoms. The first-order chi connectivity index (χ1) is 10.6. The van der Waals surface area contributed by atoms with E-state index in [0.29, 0.717) is 24.6 Å². The molecule has 0 spiro atoms. The quantitative estimate of drug-likeness (QED) is 0.794. The van der Waals surface area contributed by atoms with Crippen LogP contribution >= 0.6 is 0 Å². The Bertz CT molecular complexity index is 628. The molecule has 0 radical (unpaired) electrons. The normalized spacial score (nSPS) is 10.1. The van der Waals surface area contributed by atoms with Crippen molar-refractivity contribution in [2.45, 2.75) is 6.92 Å². The van der Waals surface area contributed by atoms with Crippen molar-refractivity contribution in [2.75, 3.05) is 37.4 Å². The predicted octanol–water partition coefficient (Wildman–Crippen LogP) is 1.69. The van der Waals surface area contributed by atoms with E-state index in [1.54, 1.807) is 12.1 Å². The zero-order valence-corrected chi connectivity index (χ0v) is 13.1. The standard InChI is InChI=1S/C16H21N5O/c1-12-11-14(21(2)3)20-16(19-12)18-10-9-17-15(22)13-7-5-4-6-8-13/h4-8,11H,9-10H2,1-3H3,(H,17,22)(H,18,19,20). The fraction of sp³-hybridized carbons (Fsp3) is 0.312. The maximum absolute atomic E-state index is 11.9. The second-order valence-electron chi connectivity index (χ2n) is 5.13. The zero-order valence-electron chi connectivity index (χ0n) is 13.1. The lowest BCUT2D eigenvalue weighted by molar-refractivity contribution is 0.0955. The number of hydrogen-bond donors (Lipinski definition) is 2. The summed E-state index contributed by atoms with van der Waals surface area (Å²) in [5, 5.41) is 5.98. The number of hydrogen-bond acceptors (Lipinski definition) is 5. The molecule has 1 amide bonds. The molecule has 1 aromatic heterocycles. The fourth-order valence-electron chi connectivity index (χ4n) is 1.90. The molecule has 0 bridgehead atoms. The number of carbonyl (C=O) groups excluding carboxylic acids is 1. The van der Waals surface area contributed by atoms with Crippen molar-refractivity contribution in [1.29, 1.82) is 0 Å². The Morgan fingerprint density at radius 2 is 1.86 bits per heavy atom. The summed E-state index contributed by atoms with van der Waals surface area (Å²) in [6, 6.07) is 11.1. The van der Waals surface area contributed by atoms with Gasteiger partial charge in [0.05, 0.1) is 0 Å². The number of nitrogens with one attached hydrogen (secondary N) is 2. The molecule has 0 unspecified atom stereocenters. The molecule has 1 aromatic carbocycles. The van der Waals surface area contributed by atoms with Crippen LogP contribution in [-0.2, 0) is 0 Å². The van der Waals surface area contributed by atoms with E-state index < -0.39 is 0 Å². The largest absolute Gasteiger partial charge is 0.363 e. The molecular formula is C16H21N5O. The summed E-state index contributed by atoms with van der Waals surface area (Å²) in [4.78, 5) is 22.5. The van der Waals surface area contributed by atoms with Crippen molar-refractivity contribution in [3.05, 3.63) is 47.7 Å². The lowest BCUT2D eigenvalue weighted by atomic mass is 10.2. The molecule has 116 valence electrons.